The second kappa shape index (κ2) is 4.85. The van der Waals surface area contributed by atoms with Gasteiger partial charge < -0.3 is 15.4 Å². The van der Waals surface area contributed by atoms with Crippen LogP contribution in [0.25, 0.3) is 0 Å². The second-order valence-corrected chi connectivity index (χ2v) is 4.88. The molecule has 1 fully saturated rings. The van der Waals surface area contributed by atoms with E-state index in [1.54, 1.807) is 16.3 Å². The number of rotatable bonds is 3. The maximum atomic E-state index is 11.8. The monoisotopic (exact) mass is 254 g/mol. The lowest BCUT2D eigenvalue weighted by molar-refractivity contribution is -0.117. The lowest BCUT2D eigenvalue weighted by Gasteiger charge is -2.13. The van der Waals surface area contributed by atoms with E-state index in [9.17, 15) is 9.59 Å². The third kappa shape index (κ3) is 2.32. The molecule has 1 aromatic rings. The first-order valence-electron chi connectivity index (χ1n) is 5.33. The van der Waals surface area contributed by atoms with E-state index in [1.807, 2.05) is 0 Å². The summed E-state index contributed by atoms with van der Waals surface area (Å²) in [5.74, 6) is -0.0955. The number of nitrogens with two attached hydrogens (primary N) is 1. The van der Waals surface area contributed by atoms with Crippen LogP contribution in [0.2, 0.25) is 0 Å². The number of ether oxygens (including phenoxy) is 1. The molecule has 1 aliphatic heterocycles. The van der Waals surface area contributed by atoms with Crippen LogP contribution < -0.4 is 10.6 Å². The molecule has 0 spiro atoms. The van der Waals surface area contributed by atoms with Gasteiger partial charge in [-0.05, 0) is 18.5 Å². The van der Waals surface area contributed by atoms with Gasteiger partial charge in [-0.15, -0.1) is 11.3 Å². The molecule has 1 atom stereocenters. The molecule has 6 heteroatoms. The number of esters is 1. The zero-order valence-corrected chi connectivity index (χ0v) is 10.3. The molecule has 1 saturated heterocycles. The highest BCUT2D eigenvalue weighted by atomic mass is 32.1. The van der Waals surface area contributed by atoms with Gasteiger partial charge in [0, 0.05) is 18.3 Å². The molecule has 1 amide bonds. The molecule has 0 aromatic carbocycles. The number of thiophene rings is 1. The average Bonchev–Trinajstić information content (AvgIpc) is 2.94. The number of amides is 1. The smallest absolute Gasteiger partial charge is 0.348 e. The fourth-order valence-corrected chi connectivity index (χ4v) is 2.68. The molecule has 0 aliphatic carbocycles. The summed E-state index contributed by atoms with van der Waals surface area (Å²) in [7, 11) is 1.34. The van der Waals surface area contributed by atoms with E-state index >= 15 is 0 Å². The Balaban J connectivity index is 2.15. The predicted octanol–water partition coefficient (Wildman–Crippen LogP) is 0.846. The third-order valence-corrected chi connectivity index (χ3v) is 3.72. The Morgan fingerprint density at radius 2 is 2.47 bits per heavy atom. The molecule has 0 saturated carbocycles. The van der Waals surface area contributed by atoms with Crippen LogP contribution in [0, 0.1) is 5.92 Å². The zero-order valence-electron chi connectivity index (χ0n) is 9.51. The van der Waals surface area contributed by atoms with Crippen molar-refractivity contribution in [3.05, 3.63) is 16.3 Å². The van der Waals surface area contributed by atoms with Crippen LogP contribution >= 0.6 is 11.3 Å². The first-order chi connectivity index (χ1) is 8.15. The van der Waals surface area contributed by atoms with Crippen LogP contribution in [0.1, 0.15) is 16.1 Å². The van der Waals surface area contributed by atoms with Crippen LogP contribution in [-0.4, -0.2) is 32.1 Å². The van der Waals surface area contributed by atoms with Gasteiger partial charge in [-0.25, -0.2) is 4.79 Å². The first-order valence-corrected chi connectivity index (χ1v) is 6.21. The molecule has 2 N–H and O–H groups in total. The summed E-state index contributed by atoms with van der Waals surface area (Å²) in [5.41, 5.74) is 6.32. The first kappa shape index (κ1) is 12.1. The summed E-state index contributed by atoms with van der Waals surface area (Å²) in [6, 6.07) is 1.69. The lowest BCUT2D eigenvalue weighted by atomic mass is 10.1. The summed E-state index contributed by atoms with van der Waals surface area (Å²) < 4.78 is 4.63. The number of hydrogen-bond donors (Lipinski definition) is 1. The number of hydrogen-bond acceptors (Lipinski definition) is 5. The predicted molar refractivity (Wildman–Crippen MR) is 65.2 cm³/mol. The fourth-order valence-electron chi connectivity index (χ4n) is 1.86. The van der Waals surface area contributed by atoms with Crippen molar-refractivity contribution in [2.45, 2.75) is 6.42 Å². The zero-order chi connectivity index (χ0) is 12.4. The number of nitrogens with zero attached hydrogens (tertiary/aromatic N) is 1. The second-order valence-electron chi connectivity index (χ2n) is 3.97. The van der Waals surface area contributed by atoms with Crippen LogP contribution in [0.4, 0.5) is 5.69 Å². The highest BCUT2D eigenvalue weighted by Gasteiger charge is 2.30. The number of carbonyl (C=O) groups excluding carboxylic acids is 2. The molecule has 17 heavy (non-hydrogen) atoms. The molecule has 1 aromatic heterocycles. The molecule has 92 valence electrons. The van der Waals surface area contributed by atoms with Crippen molar-refractivity contribution >= 4 is 28.9 Å². The van der Waals surface area contributed by atoms with Crippen molar-refractivity contribution < 1.29 is 14.3 Å². The SMILES string of the molecule is COC(=O)c1cc(N2CC(CN)CC2=O)cs1. The quantitative estimate of drug-likeness (QED) is 0.811. The van der Waals surface area contributed by atoms with Crippen LogP contribution in [0.3, 0.4) is 0 Å². The molecule has 1 unspecified atom stereocenters. The maximum absolute atomic E-state index is 11.8. The maximum Gasteiger partial charge on any atom is 0.348 e. The number of carbonyl (C=O) groups is 2. The van der Waals surface area contributed by atoms with Crippen molar-refractivity contribution in [3.8, 4) is 0 Å². The van der Waals surface area contributed by atoms with E-state index in [4.69, 9.17) is 5.73 Å². The van der Waals surface area contributed by atoms with E-state index in [2.05, 4.69) is 4.74 Å². The van der Waals surface area contributed by atoms with Crippen molar-refractivity contribution in [2.24, 2.45) is 11.7 Å². The highest BCUT2D eigenvalue weighted by Crippen LogP contribution is 2.29. The molecular weight excluding hydrogens is 240 g/mol. The van der Waals surface area contributed by atoms with Gasteiger partial charge in [-0.3, -0.25) is 4.79 Å². The lowest BCUT2D eigenvalue weighted by Crippen LogP contribution is -2.25. The summed E-state index contributed by atoms with van der Waals surface area (Å²) in [4.78, 5) is 25.2. The van der Waals surface area contributed by atoms with E-state index < -0.39 is 0 Å². The largest absolute Gasteiger partial charge is 0.465 e. The summed E-state index contributed by atoms with van der Waals surface area (Å²) in [5, 5.41) is 1.79. The summed E-state index contributed by atoms with van der Waals surface area (Å²) in [6.07, 6.45) is 0.486. The topological polar surface area (TPSA) is 72.6 Å². The van der Waals surface area contributed by atoms with Gasteiger partial charge in [0.1, 0.15) is 4.88 Å². The van der Waals surface area contributed by atoms with Crippen molar-refractivity contribution in [1.29, 1.82) is 0 Å². The Bertz CT molecular complexity index is 444. The molecule has 0 bridgehead atoms. The minimum Gasteiger partial charge on any atom is -0.465 e. The summed E-state index contributed by atoms with van der Waals surface area (Å²) in [6.45, 7) is 1.14. The van der Waals surface area contributed by atoms with Crippen LogP contribution in [-0.2, 0) is 9.53 Å². The Hall–Kier alpha value is -1.40. The van der Waals surface area contributed by atoms with E-state index in [0.29, 0.717) is 24.4 Å². The minimum atomic E-state index is -0.372. The van der Waals surface area contributed by atoms with Gasteiger partial charge in [-0.2, -0.15) is 0 Å². The number of methoxy groups -OCH3 is 1. The van der Waals surface area contributed by atoms with Crippen molar-refractivity contribution in [3.63, 3.8) is 0 Å². The van der Waals surface area contributed by atoms with Crippen molar-refractivity contribution in [1.82, 2.24) is 0 Å². The number of anilines is 1. The van der Waals surface area contributed by atoms with Gasteiger partial charge >= 0.3 is 5.97 Å². The summed E-state index contributed by atoms with van der Waals surface area (Å²) >= 11 is 1.28. The van der Waals surface area contributed by atoms with Gasteiger partial charge in [0.05, 0.1) is 12.8 Å². The Labute approximate surface area is 103 Å². The normalized spacial score (nSPS) is 19.8. The van der Waals surface area contributed by atoms with Gasteiger partial charge in [-0.1, -0.05) is 0 Å². The Morgan fingerprint density at radius 1 is 1.71 bits per heavy atom. The van der Waals surface area contributed by atoms with Gasteiger partial charge in [0.25, 0.3) is 0 Å². The fraction of sp³-hybridized carbons (Fsp3) is 0.455. The Morgan fingerprint density at radius 3 is 3.06 bits per heavy atom. The molecule has 5 nitrogen and oxygen atoms in total. The average molecular weight is 254 g/mol. The minimum absolute atomic E-state index is 0.0645. The van der Waals surface area contributed by atoms with E-state index in [-0.39, 0.29) is 17.8 Å². The third-order valence-electron chi connectivity index (χ3n) is 2.82. The molecule has 1 aliphatic rings. The van der Waals surface area contributed by atoms with E-state index in [1.165, 1.54) is 18.4 Å². The highest BCUT2D eigenvalue weighted by molar-refractivity contribution is 7.12. The van der Waals surface area contributed by atoms with Crippen LogP contribution in [0.15, 0.2) is 11.4 Å². The standard InChI is InChI=1S/C11H14N2O3S/c1-16-11(15)9-3-8(6-17-9)13-5-7(4-12)2-10(13)14/h3,6-7H,2,4-5,12H2,1H3. The molecule has 2 heterocycles. The molecular formula is C11H14N2O3S. The molecule has 0 radical (unpaired) electrons. The molecule has 2 rings (SSSR count). The van der Waals surface area contributed by atoms with Crippen molar-refractivity contribution in [2.75, 3.05) is 25.1 Å². The Kier molecular flexibility index (Phi) is 3.44. The van der Waals surface area contributed by atoms with E-state index in [0.717, 1.165) is 5.69 Å². The van der Waals surface area contributed by atoms with Crippen LogP contribution in [0.5, 0.6) is 0 Å². The van der Waals surface area contributed by atoms with Gasteiger partial charge in [0.2, 0.25) is 5.91 Å². The van der Waals surface area contributed by atoms with Gasteiger partial charge in [0.15, 0.2) is 0 Å².